The molecule has 2 nitrogen and oxygen atoms in total. The smallest absolute Gasteiger partial charge is 0.333 e. The quantitative estimate of drug-likeness (QED) is 0.150. The highest BCUT2D eigenvalue weighted by molar-refractivity contribution is 7.27. The van der Waals surface area contributed by atoms with Crippen LogP contribution in [0.25, 0.3) is 79.0 Å². The van der Waals surface area contributed by atoms with E-state index in [0.717, 1.165) is 0 Å². The molecular formula is C54H47BN2S2. The minimum atomic E-state index is -0.0536. The van der Waals surface area contributed by atoms with E-state index in [9.17, 15) is 0 Å². The molecule has 59 heavy (non-hydrogen) atoms. The zero-order chi connectivity index (χ0) is 40.5. The van der Waals surface area contributed by atoms with Gasteiger partial charge in [0.25, 0.3) is 0 Å². The second-order valence-corrected chi connectivity index (χ2v) is 22.3. The summed E-state index contributed by atoms with van der Waals surface area (Å²) in [6.45, 7) is 21.0. The van der Waals surface area contributed by atoms with Crippen LogP contribution in [0.2, 0.25) is 0 Å². The molecule has 0 bridgehead atoms. The van der Waals surface area contributed by atoms with Crippen molar-refractivity contribution in [2.24, 2.45) is 0 Å². The molecule has 0 atom stereocenters. The molecule has 288 valence electrons. The lowest BCUT2D eigenvalue weighted by atomic mass is 9.43. The van der Waals surface area contributed by atoms with Gasteiger partial charge >= 0.3 is 6.85 Å². The minimum Gasteiger partial charge on any atom is -0.376 e. The predicted molar refractivity (Wildman–Crippen MR) is 262 cm³/mol. The highest BCUT2D eigenvalue weighted by Crippen LogP contribution is 2.54. The Hall–Kier alpha value is -5.36. The SMILES string of the molecule is CC(C)(C)c1ccc(N2B3c4cc(C(C)(C)C)ccc4-n4c5ccc(C(C)(C)C)cc5c5c6sc7ccccc7c6c(c3c54)-c3cc4sc5ccccc5c4cc32)cc1. The van der Waals surface area contributed by atoms with Gasteiger partial charge in [-0.25, -0.2) is 0 Å². The molecular weight excluding hydrogens is 752 g/mol. The molecule has 2 aliphatic heterocycles. The van der Waals surface area contributed by atoms with Gasteiger partial charge in [0.05, 0.1) is 11.0 Å². The van der Waals surface area contributed by atoms with E-state index in [2.05, 4.69) is 193 Å². The Bertz CT molecular complexity index is 3450. The van der Waals surface area contributed by atoms with Crippen LogP contribution in [0.1, 0.15) is 79.0 Å². The molecule has 0 amide bonds. The van der Waals surface area contributed by atoms with Gasteiger partial charge in [0.15, 0.2) is 0 Å². The van der Waals surface area contributed by atoms with Gasteiger partial charge in [-0.15, -0.1) is 22.7 Å². The first-order chi connectivity index (χ1) is 28.2. The third-order valence-electron chi connectivity index (χ3n) is 13.4. The summed E-state index contributed by atoms with van der Waals surface area (Å²) in [5.41, 5.74) is 16.1. The van der Waals surface area contributed by atoms with Gasteiger partial charge in [0.2, 0.25) is 0 Å². The van der Waals surface area contributed by atoms with Crippen molar-refractivity contribution in [3.63, 3.8) is 0 Å². The average molecular weight is 799 g/mol. The number of rotatable bonds is 1. The van der Waals surface area contributed by atoms with Crippen LogP contribution >= 0.6 is 22.7 Å². The molecule has 0 saturated carbocycles. The van der Waals surface area contributed by atoms with Gasteiger partial charge < -0.3 is 9.38 Å². The number of hydrogen-bond acceptors (Lipinski definition) is 3. The van der Waals surface area contributed by atoms with E-state index in [-0.39, 0.29) is 23.1 Å². The first-order valence-electron chi connectivity index (χ1n) is 21.1. The largest absolute Gasteiger partial charge is 0.376 e. The van der Waals surface area contributed by atoms with Gasteiger partial charge in [-0.1, -0.05) is 129 Å². The van der Waals surface area contributed by atoms with Crippen LogP contribution in [-0.2, 0) is 16.2 Å². The Morgan fingerprint density at radius 3 is 1.83 bits per heavy atom. The van der Waals surface area contributed by atoms with E-state index in [1.54, 1.807) is 0 Å². The number of fused-ring (bicyclic) bond motifs is 16. The first kappa shape index (κ1) is 35.6. The van der Waals surface area contributed by atoms with E-state index in [1.165, 1.54) is 118 Å². The molecule has 0 N–H and O–H groups in total. The van der Waals surface area contributed by atoms with E-state index in [1.807, 2.05) is 22.7 Å². The molecule has 10 aromatic rings. The Morgan fingerprint density at radius 1 is 0.492 bits per heavy atom. The highest BCUT2D eigenvalue weighted by Gasteiger charge is 2.46. The van der Waals surface area contributed by atoms with Crippen molar-refractivity contribution in [3.05, 3.63) is 138 Å². The van der Waals surface area contributed by atoms with Crippen LogP contribution in [-0.4, -0.2) is 11.4 Å². The number of hydrogen-bond donors (Lipinski definition) is 0. The molecule has 7 aromatic carbocycles. The Morgan fingerprint density at radius 2 is 1.12 bits per heavy atom. The molecule has 0 radical (unpaired) electrons. The summed E-state index contributed by atoms with van der Waals surface area (Å²) in [6.07, 6.45) is 0. The fourth-order valence-corrected chi connectivity index (χ4v) is 12.7. The van der Waals surface area contributed by atoms with Crippen LogP contribution in [0.15, 0.2) is 121 Å². The maximum absolute atomic E-state index is 2.73. The van der Waals surface area contributed by atoms with Gasteiger partial charge in [0, 0.05) is 73.7 Å². The normalized spacial score (nSPS) is 14.1. The summed E-state index contributed by atoms with van der Waals surface area (Å²) in [5, 5.41) is 8.17. The summed E-state index contributed by atoms with van der Waals surface area (Å²) in [4.78, 5) is 2.73. The molecule has 3 aromatic heterocycles. The van der Waals surface area contributed by atoms with Crippen molar-refractivity contribution in [2.45, 2.75) is 78.6 Å². The monoisotopic (exact) mass is 798 g/mol. The molecule has 0 fully saturated rings. The van der Waals surface area contributed by atoms with Crippen LogP contribution in [0.4, 0.5) is 11.4 Å². The standard InChI is InChI=1S/C54H47BN2S2/c1-52(2,3)30-18-22-33(23-19-30)57-42-28-36-34-14-10-12-16-43(34)58-45(36)29-38(42)46-47-35-15-11-13-17-44(35)59-51(47)48-37-26-31(53(4,5)6)20-24-40(37)56-41-25-21-32(54(7,8)9)27-39(41)55(57)49(46)50(48)56/h10-29H,1-9H3. The predicted octanol–water partition coefficient (Wildman–Crippen LogP) is 14.6. The van der Waals surface area contributed by atoms with Gasteiger partial charge in [-0.2, -0.15) is 0 Å². The zero-order valence-electron chi connectivity index (χ0n) is 35.3. The Balaban J connectivity index is 1.34. The van der Waals surface area contributed by atoms with E-state index >= 15 is 0 Å². The molecule has 0 unspecified atom stereocenters. The lowest BCUT2D eigenvalue weighted by Crippen LogP contribution is -2.60. The maximum Gasteiger partial charge on any atom is 0.333 e. The van der Waals surface area contributed by atoms with Gasteiger partial charge in [-0.05, 0) is 104 Å². The number of benzene rings is 7. The molecule has 0 aliphatic carbocycles. The third-order valence-corrected chi connectivity index (χ3v) is 15.7. The second-order valence-electron chi connectivity index (χ2n) is 20.2. The maximum atomic E-state index is 2.73. The fourth-order valence-electron chi connectivity index (χ4n) is 10.3. The third kappa shape index (κ3) is 4.86. The first-order valence-corrected chi connectivity index (χ1v) is 22.8. The molecule has 0 spiro atoms. The highest BCUT2D eigenvalue weighted by atomic mass is 32.1. The minimum absolute atomic E-state index is 0.0168. The Kier molecular flexibility index (Phi) is 7.04. The lowest BCUT2D eigenvalue weighted by molar-refractivity contribution is 0.590. The van der Waals surface area contributed by atoms with Gasteiger partial charge in [0.1, 0.15) is 0 Å². The van der Waals surface area contributed by atoms with Crippen LogP contribution in [0, 0.1) is 0 Å². The topological polar surface area (TPSA) is 8.17 Å². The average Bonchev–Trinajstić information content (AvgIpc) is 3.88. The van der Waals surface area contributed by atoms with Crippen molar-refractivity contribution in [3.8, 4) is 16.8 Å². The van der Waals surface area contributed by atoms with Crippen LogP contribution < -0.4 is 15.7 Å². The summed E-state index contributed by atoms with van der Waals surface area (Å²) in [5.74, 6) is 0. The zero-order valence-corrected chi connectivity index (χ0v) is 37.0. The molecule has 12 rings (SSSR count). The number of nitrogens with zero attached hydrogens (tertiary/aromatic N) is 2. The van der Waals surface area contributed by atoms with Gasteiger partial charge in [-0.3, -0.25) is 0 Å². The number of aromatic nitrogens is 1. The van der Waals surface area contributed by atoms with E-state index in [4.69, 9.17) is 0 Å². The van der Waals surface area contributed by atoms with Crippen LogP contribution in [0.3, 0.4) is 0 Å². The number of anilines is 2. The van der Waals surface area contributed by atoms with Crippen molar-refractivity contribution in [1.29, 1.82) is 0 Å². The molecule has 5 heterocycles. The van der Waals surface area contributed by atoms with Crippen molar-refractivity contribution >= 4 is 114 Å². The molecule has 0 saturated heterocycles. The van der Waals surface area contributed by atoms with Crippen molar-refractivity contribution in [1.82, 2.24) is 4.57 Å². The number of thiophene rings is 2. The second kappa shape index (κ2) is 11.7. The lowest BCUT2D eigenvalue weighted by Gasteiger charge is -2.43. The molecule has 2 aliphatic rings. The van der Waals surface area contributed by atoms with Crippen molar-refractivity contribution < 1.29 is 0 Å². The van der Waals surface area contributed by atoms with Crippen molar-refractivity contribution in [2.75, 3.05) is 4.81 Å². The summed E-state index contributed by atoms with van der Waals surface area (Å²) in [7, 11) is 0. The summed E-state index contributed by atoms with van der Waals surface area (Å²) < 4.78 is 8.07. The van der Waals surface area contributed by atoms with Crippen LogP contribution in [0.5, 0.6) is 0 Å². The Labute approximate surface area is 354 Å². The summed E-state index contributed by atoms with van der Waals surface area (Å²) >= 11 is 3.90. The molecule has 5 heteroatoms. The fraction of sp³-hybridized carbons (Fsp3) is 0.222. The summed E-state index contributed by atoms with van der Waals surface area (Å²) in [6, 6.07) is 47.5. The van der Waals surface area contributed by atoms with E-state index < -0.39 is 0 Å². The van der Waals surface area contributed by atoms with E-state index in [0.29, 0.717) is 0 Å².